The number of hydrazone groups is 1. The minimum Gasteiger partial charge on any atom is -0.465 e. The van der Waals surface area contributed by atoms with Gasteiger partial charge >= 0.3 is 5.97 Å². The minimum absolute atomic E-state index is 0.378. The van der Waals surface area contributed by atoms with Crippen LogP contribution in [0.5, 0.6) is 0 Å². The van der Waals surface area contributed by atoms with Crippen molar-refractivity contribution in [3.8, 4) is 0 Å². The van der Waals surface area contributed by atoms with Crippen molar-refractivity contribution in [1.29, 1.82) is 0 Å². The summed E-state index contributed by atoms with van der Waals surface area (Å²) in [5.74, 6) is 0.636. The summed E-state index contributed by atoms with van der Waals surface area (Å²) < 4.78 is 4.68. The Morgan fingerprint density at radius 2 is 1.74 bits per heavy atom. The van der Waals surface area contributed by atoms with Gasteiger partial charge in [-0.05, 0) is 42.0 Å². The number of pyridine rings is 2. The summed E-state index contributed by atoms with van der Waals surface area (Å²) in [5, 5.41) is 4.22. The third kappa shape index (κ3) is 5.05. The van der Waals surface area contributed by atoms with Gasteiger partial charge in [-0.3, -0.25) is 10.4 Å². The number of nitrogens with one attached hydrogen (secondary N) is 1. The van der Waals surface area contributed by atoms with Crippen LogP contribution in [0.2, 0.25) is 0 Å². The van der Waals surface area contributed by atoms with Crippen LogP contribution in [-0.2, 0) is 4.74 Å². The zero-order chi connectivity index (χ0) is 18.9. The second kappa shape index (κ2) is 9.00. The van der Waals surface area contributed by atoms with Crippen molar-refractivity contribution in [1.82, 2.24) is 15.4 Å². The Morgan fingerprint density at radius 3 is 2.37 bits per heavy atom. The van der Waals surface area contributed by atoms with E-state index < -0.39 is 0 Å². The molecule has 134 valence electrons. The number of ether oxygens (including phenoxy) is 1. The molecule has 27 heavy (non-hydrogen) atoms. The number of nitrogens with zero attached hydrogens (tertiary/aromatic N) is 4. The summed E-state index contributed by atoms with van der Waals surface area (Å²) in [5.41, 5.74) is 4.84. The smallest absolute Gasteiger partial charge is 0.337 e. The van der Waals surface area contributed by atoms with E-state index in [2.05, 4.69) is 30.2 Å². The van der Waals surface area contributed by atoms with Crippen LogP contribution in [0.4, 0.5) is 5.82 Å². The molecule has 0 fully saturated rings. The number of esters is 1. The lowest BCUT2D eigenvalue weighted by molar-refractivity contribution is 0.0600. The Balaban J connectivity index is 1.78. The van der Waals surface area contributed by atoms with Crippen molar-refractivity contribution in [2.75, 3.05) is 7.11 Å². The van der Waals surface area contributed by atoms with E-state index in [9.17, 15) is 4.79 Å². The summed E-state index contributed by atoms with van der Waals surface area (Å²) in [6.07, 6.45) is 4.97. The highest BCUT2D eigenvalue weighted by atomic mass is 16.5. The van der Waals surface area contributed by atoms with Crippen molar-refractivity contribution >= 4 is 23.8 Å². The van der Waals surface area contributed by atoms with Crippen molar-refractivity contribution in [2.24, 2.45) is 10.1 Å². The molecule has 0 saturated carbocycles. The van der Waals surface area contributed by atoms with E-state index in [1.54, 1.807) is 48.9 Å². The standard InChI is InChI=1S/C20H17N5O2/c1-27-20(26)16-10-8-15(9-11-16)14-23-25-19(17-6-2-4-12-21-17)24-18-7-3-5-13-22-18/h2-14H,1H3,(H,22,24,25)/b23-14+. The van der Waals surface area contributed by atoms with Crippen molar-refractivity contribution in [2.45, 2.75) is 0 Å². The van der Waals surface area contributed by atoms with Gasteiger partial charge in [0.05, 0.1) is 18.9 Å². The van der Waals surface area contributed by atoms with Gasteiger partial charge in [0.15, 0.2) is 11.7 Å². The molecule has 0 unspecified atom stereocenters. The molecule has 0 atom stereocenters. The van der Waals surface area contributed by atoms with E-state index >= 15 is 0 Å². The Morgan fingerprint density at radius 1 is 1.00 bits per heavy atom. The summed E-state index contributed by atoms with van der Waals surface area (Å²) in [6.45, 7) is 0. The van der Waals surface area contributed by atoms with Crippen LogP contribution in [0, 0.1) is 0 Å². The van der Waals surface area contributed by atoms with Crippen LogP contribution < -0.4 is 5.43 Å². The normalized spacial score (nSPS) is 11.4. The average molecular weight is 359 g/mol. The van der Waals surface area contributed by atoms with Crippen LogP contribution in [0.1, 0.15) is 21.6 Å². The molecule has 1 N–H and O–H groups in total. The number of hydrogen-bond acceptors (Lipinski definition) is 6. The molecule has 0 bridgehead atoms. The molecule has 0 spiro atoms. The molecule has 1 aromatic carbocycles. The van der Waals surface area contributed by atoms with Gasteiger partial charge in [0.1, 0.15) is 5.69 Å². The predicted octanol–water partition coefficient (Wildman–Crippen LogP) is 2.97. The van der Waals surface area contributed by atoms with Crippen LogP contribution in [0.3, 0.4) is 0 Å². The maximum atomic E-state index is 11.5. The molecular weight excluding hydrogens is 342 g/mol. The number of benzene rings is 1. The number of aliphatic imine (C=N–C) groups is 1. The third-order valence-corrected chi connectivity index (χ3v) is 3.50. The highest BCUT2D eigenvalue weighted by Crippen LogP contribution is 2.08. The summed E-state index contributed by atoms with van der Waals surface area (Å²) in [7, 11) is 1.35. The van der Waals surface area contributed by atoms with Crippen LogP contribution in [0.25, 0.3) is 0 Å². The lowest BCUT2D eigenvalue weighted by Gasteiger charge is -2.05. The van der Waals surface area contributed by atoms with Gasteiger partial charge in [-0.25, -0.2) is 14.8 Å². The number of carbonyl (C=O) groups is 1. The number of amidine groups is 1. The maximum absolute atomic E-state index is 11.5. The number of methoxy groups -OCH3 is 1. The summed E-state index contributed by atoms with van der Waals surface area (Å²) >= 11 is 0. The van der Waals surface area contributed by atoms with Gasteiger partial charge in [-0.2, -0.15) is 5.10 Å². The van der Waals surface area contributed by atoms with Gasteiger partial charge in [0.25, 0.3) is 0 Å². The largest absolute Gasteiger partial charge is 0.465 e. The number of aromatic nitrogens is 2. The number of rotatable bonds is 5. The van der Waals surface area contributed by atoms with E-state index in [1.807, 2.05) is 30.3 Å². The lowest BCUT2D eigenvalue weighted by Crippen LogP contribution is -2.20. The highest BCUT2D eigenvalue weighted by Gasteiger charge is 2.05. The first-order chi connectivity index (χ1) is 13.3. The zero-order valence-electron chi connectivity index (χ0n) is 14.6. The second-order valence-electron chi connectivity index (χ2n) is 5.35. The molecule has 0 aliphatic carbocycles. The SMILES string of the molecule is COC(=O)c1ccc(/C=N/NC(=Nc2ccccn2)c2ccccn2)cc1. The Labute approximate surface area is 156 Å². The van der Waals surface area contributed by atoms with Crippen LogP contribution in [-0.4, -0.2) is 35.1 Å². The molecule has 2 heterocycles. The van der Waals surface area contributed by atoms with Gasteiger partial charge in [-0.1, -0.05) is 24.3 Å². The molecule has 0 saturated heterocycles. The predicted molar refractivity (Wildman–Crippen MR) is 103 cm³/mol. The monoisotopic (exact) mass is 359 g/mol. The molecule has 0 aliphatic rings. The summed E-state index contributed by atoms with van der Waals surface area (Å²) in [4.78, 5) is 24.4. The molecule has 7 nitrogen and oxygen atoms in total. The highest BCUT2D eigenvalue weighted by molar-refractivity contribution is 5.99. The van der Waals surface area contributed by atoms with Crippen LogP contribution in [0.15, 0.2) is 83.2 Å². The molecule has 3 aromatic rings. The lowest BCUT2D eigenvalue weighted by atomic mass is 10.1. The van der Waals surface area contributed by atoms with Gasteiger partial charge in [0.2, 0.25) is 0 Å². The zero-order valence-corrected chi connectivity index (χ0v) is 14.6. The Hall–Kier alpha value is -3.87. The van der Waals surface area contributed by atoms with Crippen LogP contribution >= 0.6 is 0 Å². The number of hydrogen-bond donors (Lipinski definition) is 1. The van der Waals surface area contributed by atoms with E-state index in [0.29, 0.717) is 22.9 Å². The average Bonchev–Trinajstić information content (AvgIpc) is 2.74. The van der Waals surface area contributed by atoms with E-state index in [0.717, 1.165) is 5.56 Å². The quantitative estimate of drug-likeness (QED) is 0.327. The van der Waals surface area contributed by atoms with Gasteiger partial charge in [-0.15, -0.1) is 0 Å². The fourth-order valence-corrected chi connectivity index (χ4v) is 2.17. The van der Waals surface area contributed by atoms with E-state index in [-0.39, 0.29) is 5.97 Å². The fourth-order valence-electron chi connectivity index (χ4n) is 2.17. The van der Waals surface area contributed by atoms with Crippen molar-refractivity contribution in [3.63, 3.8) is 0 Å². The second-order valence-corrected chi connectivity index (χ2v) is 5.35. The van der Waals surface area contributed by atoms with Crippen molar-refractivity contribution < 1.29 is 9.53 Å². The minimum atomic E-state index is -0.378. The fraction of sp³-hybridized carbons (Fsp3) is 0.0500. The molecule has 0 amide bonds. The van der Waals surface area contributed by atoms with Crippen molar-refractivity contribution in [3.05, 3.63) is 89.9 Å². The molecule has 0 radical (unpaired) electrons. The third-order valence-electron chi connectivity index (χ3n) is 3.50. The first kappa shape index (κ1) is 17.9. The van der Waals surface area contributed by atoms with E-state index in [4.69, 9.17) is 0 Å². The maximum Gasteiger partial charge on any atom is 0.337 e. The van der Waals surface area contributed by atoms with E-state index in [1.165, 1.54) is 7.11 Å². The molecule has 3 rings (SSSR count). The first-order valence-corrected chi connectivity index (χ1v) is 8.15. The molecule has 0 aliphatic heterocycles. The Kier molecular flexibility index (Phi) is 5.98. The molecule has 7 heteroatoms. The number of carbonyl (C=O) groups excluding carboxylic acids is 1. The van der Waals surface area contributed by atoms with Gasteiger partial charge in [0, 0.05) is 12.4 Å². The molecule has 2 aromatic heterocycles. The summed E-state index contributed by atoms with van der Waals surface area (Å²) in [6, 6.07) is 17.9. The first-order valence-electron chi connectivity index (χ1n) is 8.15. The molecular formula is C20H17N5O2. The Bertz CT molecular complexity index is 939. The topological polar surface area (TPSA) is 88.8 Å². The van der Waals surface area contributed by atoms with Gasteiger partial charge < -0.3 is 4.74 Å².